The van der Waals surface area contributed by atoms with Gasteiger partial charge in [0.2, 0.25) is 0 Å². The predicted molar refractivity (Wildman–Crippen MR) is 97.6 cm³/mol. The molecule has 1 amide bonds. The molecule has 0 saturated carbocycles. The number of amides is 1. The Morgan fingerprint density at radius 1 is 1.28 bits per heavy atom. The van der Waals surface area contributed by atoms with Crippen molar-refractivity contribution < 1.29 is 9.53 Å². The van der Waals surface area contributed by atoms with Gasteiger partial charge >= 0.3 is 0 Å². The lowest BCUT2D eigenvalue weighted by Gasteiger charge is -2.37. The minimum Gasteiger partial charge on any atom is -0.375 e. The van der Waals surface area contributed by atoms with Crippen LogP contribution in [-0.4, -0.2) is 59.6 Å². The van der Waals surface area contributed by atoms with Crippen molar-refractivity contribution >= 4 is 17.2 Å². The van der Waals surface area contributed by atoms with E-state index in [-0.39, 0.29) is 12.0 Å². The summed E-state index contributed by atoms with van der Waals surface area (Å²) in [7, 11) is 0. The lowest BCUT2D eigenvalue weighted by Crippen LogP contribution is -2.48. The molecule has 0 unspecified atom stereocenters. The van der Waals surface area contributed by atoms with E-state index in [9.17, 15) is 4.79 Å². The van der Waals surface area contributed by atoms with Gasteiger partial charge in [-0.15, -0.1) is 11.3 Å². The highest BCUT2D eigenvalue weighted by Gasteiger charge is 2.35. The summed E-state index contributed by atoms with van der Waals surface area (Å²) in [5.74, 6) is 0.639. The van der Waals surface area contributed by atoms with Crippen LogP contribution in [0.5, 0.6) is 0 Å². The fourth-order valence-corrected chi connectivity index (χ4v) is 4.44. The van der Waals surface area contributed by atoms with E-state index in [2.05, 4.69) is 16.0 Å². The van der Waals surface area contributed by atoms with Gasteiger partial charge in [0.25, 0.3) is 5.91 Å². The highest BCUT2D eigenvalue weighted by atomic mass is 32.1. The van der Waals surface area contributed by atoms with E-state index in [1.54, 1.807) is 0 Å². The Morgan fingerprint density at radius 3 is 3.04 bits per heavy atom. The lowest BCUT2D eigenvalue weighted by molar-refractivity contribution is -0.0169. The van der Waals surface area contributed by atoms with Crippen LogP contribution < -0.4 is 0 Å². The Hall–Kier alpha value is -1.76. The van der Waals surface area contributed by atoms with E-state index in [0.717, 1.165) is 44.1 Å². The second kappa shape index (κ2) is 7.64. The van der Waals surface area contributed by atoms with E-state index < -0.39 is 0 Å². The molecular formula is C19H23N3O2S. The van der Waals surface area contributed by atoms with Crippen molar-refractivity contribution in [2.24, 2.45) is 5.92 Å². The van der Waals surface area contributed by atoms with Gasteiger partial charge in [0.05, 0.1) is 17.6 Å². The molecule has 0 spiro atoms. The van der Waals surface area contributed by atoms with Gasteiger partial charge < -0.3 is 9.64 Å². The average molecular weight is 357 g/mol. The Morgan fingerprint density at radius 2 is 2.24 bits per heavy atom. The van der Waals surface area contributed by atoms with Crippen molar-refractivity contribution in [2.75, 3.05) is 32.8 Å². The van der Waals surface area contributed by atoms with Crippen LogP contribution in [0.4, 0.5) is 0 Å². The molecule has 2 atom stereocenters. The summed E-state index contributed by atoms with van der Waals surface area (Å²) >= 11 is 1.51. The fourth-order valence-electron chi connectivity index (χ4n) is 3.75. The Bertz CT molecular complexity index is 692. The topological polar surface area (TPSA) is 45.7 Å². The third-order valence-corrected chi connectivity index (χ3v) is 5.93. The molecule has 2 saturated heterocycles. The zero-order valence-electron chi connectivity index (χ0n) is 14.2. The normalized spacial score (nSPS) is 24.6. The van der Waals surface area contributed by atoms with Crippen LogP contribution in [0.3, 0.4) is 0 Å². The highest BCUT2D eigenvalue weighted by Crippen LogP contribution is 2.26. The van der Waals surface area contributed by atoms with Crippen LogP contribution in [0.1, 0.15) is 21.7 Å². The Kier molecular flexibility index (Phi) is 5.10. The summed E-state index contributed by atoms with van der Waals surface area (Å²) in [6.07, 6.45) is 4.90. The number of ether oxygens (including phenoxy) is 1. The minimum atomic E-state index is 0.147. The number of aromatic nitrogens is 1. The zero-order chi connectivity index (χ0) is 17.1. The van der Waals surface area contributed by atoms with E-state index in [1.165, 1.54) is 16.9 Å². The van der Waals surface area contributed by atoms with Gasteiger partial charge in [-0.05, 0) is 29.5 Å². The molecule has 0 aromatic carbocycles. The van der Waals surface area contributed by atoms with Crippen LogP contribution in [0.25, 0.3) is 0 Å². The van der Waals surface area contributed by atoms with Crippen LogP contribution in [0.2, 0.25) is 0 Å². The first kappa shape index (κ1) is 16.7. The number of likely N-dealkylation sites (tertiary alicyclic amines) is 1. The molecule has 6 heteroatoms. The van der Waals surface area contributed by atoms with Gasteiger partial charge in [0.1, 0.15) is 0 Å². The number of thiophene rings is 1. The van der Waals surface area contributed by atoms with Gasteiger partial charge in [-0.3, -0.25) is 14.7 Å². The van der Waals surface area contributed by atoms with Crippen LogP contribution >= 0.6 is 11.3 Å². The third-order valence-electron chi connectivity index (χ3n) is 5.08. The van der Waals surface area contributed by atoms with Crippen molar-refractivity contribution in [1.29, 1.82) is 0 Å². The molecule has 2 aromatic rings. The number of fused-ring (bicyclic) bond motifs is 1. The standard InChI is InChI=1S/C19H23N3O2S/c23-19(18-4-2-10-25-18)22-7-5-16-13-21(8-9-24-17(16)14-22)12-15-3-1-6-20-11-15/h1-4,6,10-11,16-17H,5,7-9,12-14H2/t16-,17-/m1/s1. The maximum atomic E-state index is 12.6. The molecule has 2 aliphatic heterocycles. The maximum Gasteiger partial charge on any atom is 0.264 e. The van der Waals surface area contributed by atoms with Crippen LogP contribution in [-0.2, 0) is 11.3 Å². The summed E-state index contributed by atoms with van der Waals surface area (Å²) in [6, 6.07) is 7.95. The zero-order valence-corrected chi connectivity index (χ0v) is 15.0. The lowest BCUT2D eigenvalue weighted by atomic mass is 9.93. The van der Waals surface area contributed by atoms with Gasteiger partial charge in [-0.1, -0.05) is 12.1 Å². The number of pyridine rings is 1. The number of piperidine rings is 1. The number of nitrogens with zero attached hydrogens (tertiary/aromatic N) is 3. The molecule has 132 valence electrons. The Labute approximate surface area is 152 Å². The maximum absolute atomic E-state index is 12.6. The first-order valence-electron chi connectivity index (χ1n) is 8.85. The molecule has 0 aliphatic carbocycles. The molecule has 2 fully saturated rings. The van der Waals surface area contributed by atoms with E-state index in [0.29, 0.717) is 12.5 Å². The van der Waals surface area contributed by atoms with Crippen molar-refractivity contribution in [1.82, 2.24) is 14.8 Å². The summed E-state index contributed by atoms with van der Waals surface area (Å²) < 4.78 is 6.12. The minimum absolute atomic E-state index is 0.147. The quantitative estimate of drug-likeness (QED) is 0.847. The molecule has 2 aromatic heterocycles. The first-order chi connectivity index (χ1) is 12.3. The molecule has 4 rings (SSSR count). The van der Waals surface area contributed by atoms with Gasteiger partial charge in [-0.2, -0.15) is 0 Å². The number of hydrogen-bond donors (Lipinski definition) is 0. The fraction of sp³-hybridized carbons (Fsp3) is 0.474. The first-order valence-corrected chi connectivity index (χ1v) is 9.73. The van der Waals surface area contributed by atoms with Crippen molar-refractivity contribution in [3.8, 4) is 0 Å². The summed E-state index contributed by atoms with van der Waals surface area (Å²) in [6.45, 7) is 5.13. The second-order valence-corrected chi connectivity index (χ2v) is 7.73. The molecule has 5 nitrogen and oxygen atoms in total. The predicted octanol–water partition coefficient (Wildman–Crippen LogP) is 2.51. The smallest absolute Gasteiger partial charge is 0.264 e. The SMILES string of the molecule is O=C(c1cccs1)N1CC[C@@H]2CN(Cc3cccnc3)CCO[C@@H]2C1. The van der Waals surface area contributed by atoms with E-state index in [1.807, 2.05) is 40.9 Å². The van der Waals surface area contributed by atoms with Crippen molar-refractivity contribution in [2.45, 2.75) is 19.1 Å². The summed E-state index contributed by atoms with van der Waals surface area (Å²) in [5, 5.41) is 1.96. The molecule has 0 radical (unpaired) electrons. The second-order valence-electron chi connectivity index (χ2n) is 6.78. The number of hydrogen-bond acceptors (Lipinski definition) is 5. The van der Waals surface area contributed by atoms with Crippen LogP contribution in [0, 0.1) is 5.92 Å². The van der Waals surface area contributed by atoms with E-state index >= 15 is 0 Å². The van der Waals surface area contributed by atoms with E-state index in [4.69, 9.17) is 4.74 Å². The summed E-state index contributed by atoms with van der Waals surface area (Å²) in [5.41, 5.74) is 1.24. The molecule has 0 N–H and O–H groups in total. The van der Waals surface area contributed by atoms with Gasteiger partial charge in [0.15, 0.2) is 0 Å². The molecule has 25 heavy (non-hydrogen) atoms. The highest BCUT2D eigenvalue weighted by molar-refractivity contribution is 7.12. The Balaban J connectivity index is 1.38. The van der Waals surface area contributed by atoms with Crippen molar-refractivity contribution in [3.63, 3.8) is 0 Å². The monoisotopic (exact) mass is 357 g/mol. The molecular weight excluding hydrogens is 334 g/mol. The largest absolute Gasteiger partial charge is 0.375 e. The van der Waals surface area contributed by atoms with Gasteiger partial charge in [0, 0.05) is 51.0 Å². The summed E-state index contributed by atoms with van der Waals surface area (Å²) in [4.78, 5) is 22.0. The average Bonchev–Trinajstić information content (AvgIpc) is 3.10. The third kappa shape index (κ3) is 3.92. The van der Waals surface area contributed by atoms with Crippen LogP contribution in [0.15, 0.2) is 42.0 Å². The molecule has 0 bridgehead atoms. The van der Waals surface area contributed by atoms with Gasteiger partial charge in [-0.25, -0.2) is 0 Å². The molecule has 2 aliphatic rings. The number of carbonyl (C=O) groups excluding carboxylic acids is 1. The number of rotatable bonds is 3. The molecule has 4 heterocycles. The number of carbonyl (C=O) groups is 1. The van der Waals surface area contributed by atoms with Crippen molar-refractivity contribution in [3.05, 3.63) is 52.5 Å².